The molecule has 1 aromatic rings. The van der Waals surface area contributed by atoms with E-state index in [-0.39, 0.29) is 6.03 Å². The number of fused-ring (bicyclic) bond motifs is 1. The van der Waals surface area contributed by atoms with E-state index in [1.54, 1.807) is 35.2 Å². The fourth-order valence-electron chi connectivity index (χ4n) is 2.28. The molecule has 0 spiro atoms. The van der Waals surface area contributed by atoms with Gasteiger partial charge in [0.1, 0.15) is 0 Å². The van der Waals surface area contributed by atoms with Crippen molar-refractivity contribution in [3.8, 4) is 0 Å². The molecule has 1 aliphatic heterocycles. The van der Waals surface area contributed by atoms with E-state index in [0.29, 0.717) is 30.8 Å². The second-order valence-electron chi connectivity index (χ2n) is 4.36. The van der Waals surface area contributed by atoms with Crippen LogP contribution in [0.15, 0.2) is 36.9 Å². The van der Waals surface area contributed by atoms with Gasteiger partial charge >= 0.3 is 12.0 Å². The van der Waals surface area contributed by atoms with Crippen LogP contribution in [0.25, 0.3) is 0 Å². The number of carboxylic acid groups (broad SMARTS) is 1. The maximum Gasteiger partial charge on any atom is 0.322 e. The number of rotatable bonds is 3. The van der Waals surface area contributed by atoms with Crippen molar-refractivity contribution in [2.45, 2.75) is 12.3 Å². The number of aliphatic carboxylic acids is 1. The molecule has 2 amide bonds. The van der Waals surface area contributed by atoms with Crippen LogP contribution in [0, 0.1) is 0 Å². The molecule has 1 unspecified atom stereocenters. The number of benzene rings is 1. The van der Waals surface area contributed by atoms with Crippen molar-refractivity contribution in [2.75, 3.05) is 18.0 Å². The highest BCUT2D eigenvalue weighted by atomic mass is 16.4. The maximum absolute atomic E-state index is 12.0. The van der Waals surface area contributed by atoms with Crippen LogP contribution in [0.3, 0.4) is 0 Å². The van der Waals surface area contributed by atoms with Gasteiger partial charge < -0.3 is 10.4 Å². The largest absolute Gasteiger partial charge is 0.481 e. The van der Waals surface area contributed by atoms with E-state index in [2.05, 4.69) is 11.9 Å². The Hall–Kier alpha value is -2.30. The third-order valence-electron chi connectivity index (χ3n) is 3.19. The van der Waals surface area contributed by atoms with Crippen LogP contribution in [0.2, 0.25) is 0 Å². The smallest absolute Gasteiger partial charge is 0.322 e. The minimum absolute atomic E-state index is 0.226. The van der Waals surface area contributed by atoms with Crippen LogP contribution in [-0.4, -0.2) is 30.2 Å². The number of carbonyl (C=O) groups is 2. The summed E-state index contributed by atoms with van der Waals surface area (Å²) in [6.45, 7) is 4.33. The van der Waals surface area contributed by atoms with Gasteiger partial charge in [-0.3, -0.25) is 9.69 Å². The Balaban J connectivity index is 2.30. The number of hydrogen-bond donors (Lipinski definition) is 2. The van der Waals surface area contributed by atoms with Crippen molar-refractivity contribution < 1.29 is 14.7 Å². The van der Waals surface area contributed by atoms with Crippen molar-refractivity contribution in [3.63, 3.8) is 0 Å². The van der Waals surface area contributed by atoms with E-state index in [1.807, 2.05) is 0 Å². The van der Waals surface area contributed by atoms with E-state index < -0.39 is 11.9 Å². The highest BCUT2D eigenvalue weighted by Gasteiger charge is 2.31. The Kier molecular flexibility index (Phi) is 3.85. The Morgan fingerprint density at radius 3 is 2.89 bits per heavy atom. The first-order chi connectivity index (χ1) is 9.15. The number of hydrogen-bond acceptors (Lipinski definition) is 2. The Bertz CT molecular complexity index is 513. The van der Waals surface area contributed by atoms with Gasteiger partial charge in [0.25, 0.3) is 0 Å². The highest BCUT2D eigenvalue weighted by Crippen LogP contribution is 2.35. The first kappa shape index (κ1) is 13.1. The zero-order valence-electron chi connectivity index (χ0n) is 10.5. The summed E-state index contributed by atoms with van der Waals surface area (Å²) in [5, 5.41) is 11.9. The number of nitrogens with zero attached hydrogens (tertiary/aromatic N) is 1. The number of para-hydroxylation sites is 1. The minimum atomic E-state index is -0.849. The average molecular weight is 260 g/mol. The third kappa shape index (κ3) is 2.59. The highest BCUT2D eigenvalue weighted by molar-refractivity contribution is 5.95. The van der Waals surface area contributed by atoms with Gasteiger partial charge in [0.15, 0.2) is 0 Å². The molecular weight excluding hydrogens is 244 g/mol. The van der Waals surface area contributed by atoms with E-state index in [4.69, 9.17) is 0 Å². The number of anilines is 1. The van der Waals surface area contributed by atoms with Gasteiger partial charge in [-0.25, -0.2) is 4.79 Å². The molecule has 1 aliphatic rings. The summed E-state index contributed by atoms with van der Waals surface area (Å²) in [5.41, 5.74) is 1.36. The zero-order valence-corrected chi connectivity index (χ0v) is 10.5. The van der Waals surface area contributed by atoms with Crippen LogP contribution >= 0.6 is 0 Å². The summed E-state index contributed by atoms with van der Waals surface area (Å²) in [6.07, 6.45) is 2.03. The van der Waals surface area contributed by atoms with E-state index in [0.717, 1.165) is 0 Å². The van der Waals surface area contributed by atoms with Gasteiger partial charge in [-0.15, -0.1) is 6.58 Å². The monoisotopic (exact) mass is 260 g/mol. The summed E-state index contributed by atoms with van der Waals surface area (Å²) < 4.78 is 0. The van der Waals surface area contributed by atoms with Crippen molar-refractivity contribution in [2.24, 2.45) is 0 Å². The molecule has 0 bridgehead atoms. The van der Waals surface area contributed by atoms with E-state index in [1.165, 1.54) is 0 Å². The lowest BCUT2D eigenvalue weighted by molar-refractivity contribution is -0.139. The normalized spacial score (nSPS) is 17.5. The molecular formula is C14H16N2O3. The molecule has 0 aromatic heterocycles. The number of nitrogens with one attached hydrogen (secondary N) is 1. The van der Waals surface area contributed by atoms with Gasteiger partial charge in [0, 0.05) is 18.8 Å². The van der Waals surface area contributed by atoms with Gasteiger partial charge in [0.2, 0.25) is 0 Å². The van der Waals surface area contributed by atoms with Crippen molar-refractivity contribution in [3.05, 3.63) is 42.5 Å². The molecule has 1 atom stereocenters. The topological polar surface area (TPSA) is 69.6 Å². The number of carbonyl (C=O) groups excluding carboxylic acids is 1. The molecule has 0 saturated carbocycles. The average Bonchev–Trinajstić information content (AvgIpc) is 2.43. The maximum atomic E-state index is 12.0. The lowest BCUT2D eigenvalue weighted by atomic mass is 9.90. The van der Waals surface area contributed by atoms with Gasteiger partial charge in [-0.2, -0.15) is 0 Å². The minimum Gasteiger partial charge on any atom is -0.481 e. The van der Waals surface area contributed by atoms with Gasteiger partial charge in [-0.05, 0) is 18.1 Å². The SMILES string of the molecule is C=CCNC(=O)N1CCC(C(=O)O)c2ccccc21. The first-order valence-corrected chi connectivity index (χ1v) is 6.13. The molecule has 1 heterocycles. The molecule has 0 aliphatic carbocycles. The summed E-state index contributed by atoms with van der Waals surface area (Å²) in [5.74, 6) is -1.39. The van der Waals surface area contributed by atoms with E-state index >= 15 is 0 Å². The van der Waals surface area contributed by atoms with Crippen LogP contribution in [-0.2, 0) is 4.79 Å². The molecule has 100 valence electrons. The third-order valence-corrected chi connectivity index (χ3v) is 3.19. The molecule has 1 aromatic carbocycles. The number of amides is 2. The second kappa shape index (κ2) is 5.56. The predicted octanol–water partition coefficient (Wildman–Crippen LogP) is 1.96. The molecule has 5 nitrogen and oxygen atoms in total. The molecule has 0 fully saturated rings. The summed E-state index contributed by atoms with van der Waals surface area (Å²) >= 11 is 0. The first-order valence-electron chi connectivity index (χ1n) is 6.13. The molecule has 19 heavy (non-hydrogen) atoms. The quantitative estimate of drug-likeness (QED) is 0.816. The van der Waals surface area contributed by atoms with Gasteiger partial charge in [-0.1, -0.05) is 24.3 Å². The lowest BCUT2D eigenvalue weighted by Crippen LogP contribution is -2.44. The van der Waals surface area contributed by atoms with Crippen LogP contribution < -0.4 is 10.2 Å². The Morgan fingerprint density at radius 2 is 2.21 bits per heavy atom. The lowest BCUT2D eigenvalue weighted by Gasteiger charge is -2.32. The van der Waals surface area contributed by atoms with E-state index in [9.17, 15) is 14.7 Å². The molecule has 2 rings (SSSR count). The van der Waals surface area contributed by atoms with Crippen LogP contribution in [0.4, 0.5) is 10.5 Å². The molecule has 0 radical (unpaired) electrons. The van der Waals surface area contributed by atoms with Gasteiger partial charge in [0.05, 0.1) is 5.92 Å². The second-order valence-corrected chi connectivity index (χ2v) is 4.36. The van der Waals surface area contributed by atoms with Crippen molar-refractivity contribution in [1.82, 2.24) is 5.32 Å². The van der Waals surface area contributed by atoms with Crippen LogP contribution in [0.5, 0.6) is 0 Å². The summed E-state index contributed by atoms with van der Waals surface area (Å²) in [6, 6.07) is 6.91. The molecule has 0 saturated heterocycles. The fourth-order valence-corrected chi connectivity index (χ4v) is 2.28. The Morgan fingerprint density at radius 1 is 1.47 bits per heavy atom. The van der Waals surface area contributed by atoms with Crippen molar-refractivity contribution >= 4 is 17.7 Å². The predicted molar refractivity (Wildman–Crippen MR) is 72.4 cm³/mol. The fraction of sp³-hybridized carbons (Fsp3) is 0.286. The Labute approximate surface area is 111 Å². The molecule has 2 N–H and O–H groups in total. The summed E-state index contributed by atoms with van der Waals surface area (Å²) in [4.78, 5) is 24.8. The summed E-state index contributed by atoms with van der Waals surface area (Å²) in [7, 11) is 0. The zero-order chi connectivity index (χ0) is 13.8. The van der Waals surface area contributed by atoms with Crippen molar-refractivity contribution in [1.29, 1.82) is 0 Å². The number of carboxylic acids is 1. The van der Waals surface area contributed by atoms with Crippen LogP contribution in [0.1, 0.15) is 17.9 Å². The standard InChI is InChI=1S/C14H16N2O3/c1-2-8-15-14(19)16-9-7-11(13(17)18)10-5-3-4-6-12(10)16/h2-6,11H,1,7-9H2,(H,15,19)(H,17,18). The molecule has 5 heteroatoms. The number of urea groups is 1.